The van der Waals surface area contributed by atoms with Crippen molar-refractivity contribution < 1.29 is 76.3 Å². The molecule has 0 radical (unpaired) electrons. The molecule has 3 aromatic rings. The predicted octanol–water partition coefficient (Wildman–Crippen LogP) is 4.44. The average molecular weight is 795 g/mol. The van der Waals surface area contributed by atoms with Gasteiger partial charge in [-0.05, 0) is 60.4 Å². The molecular formula is C42H34O16. The van der Waals surface area contributed by atoms with Crippen molar-refractivity contribution in [2.45, 2.75) is 79.1 Å². The summed E-state index contributed by atoms with van der Waals surface area (Å²) in [5.74, 6) is -10.1. The van der Waals surface area contributed by atoms with E-state index >= 15 is 4.79 Å². The number of hydrogen-bond donors (Lipinski definition) is 0. The van der Waals surface area contributed by atoms with E-state index in [1.54, 1.807) is 19.1 Å². The summed E-state index contributed by atoms with van der Waals surface area (Å²) >= 11 is 0. The second kappa shape index (κ2) is 14.2. The van der Waals surface area contributed by atoms with Gasteiger partial charge in [-0.15, -0.1) is 0 Å². The maximum Gasteiger partial charge on any atom is 0.342 e. The van der Waals surface area contributed by atoms with Crippen molar-refractivity contribution in [1.82, 2.24) is 0 Å². The molecular weight excluding hydrogens is 760 g/mol. The fourth-order valence-corrected chi connectivity index (χ4v) is 8.68. The molecule has 0 amide bonds. The van der Waals surface area contributed by atoms with Gasteiger partial charge in [0.1, 0.15) is 34.7 Å². The lowest BCUT2D eigenvalue weighted by Crippen LogP contribution is -2.54. The van der Waals surface area contributed by atoms with Gasteiger partial charge >= 0.3 is 41.8 Å². The van der Waals surface area contributed by atoms with E-state index in [1.165, 1.54) is 30.3 Å². The standard InChI is InChI=1S/C42H34O16/c1-16-12-24-32(29(13-16)55-20(5)46)41(51)58-40-28(54-19(4)45)9-8-25-31-23(15-42(25,40)39(24)57-22(7)48)14-30(56-21(6)47)35-36(31)38(50)34-27(53-18(3)44)11-10-26(52-17(2)43)33(34)37(35)49/h8-14,25,28,39-40H,15H2,1-7H3/t25-,28-,39+,40-,42+/m1/s1. The minimum absolute atomic E-state index is 0.0682. The van der Waals surface area contributed by atoms with Gasteiger partial charge in [0.15, 0.2) is 18.0 Å². The Labute approximate surface area is 329 Å². The van der Waals surface area contributed by atoms with Gasteiger partial charge in [0.05, 0.1) is 22.1 Å². The Bertz CT molecular complexity index is 2490. The molecule has 7 rings (SSSR count). The topological polar surface area (TPSA) is 218 Å². The molecule has 4 aliphatic rings. The van der Waals surface area contributed by atoms with Crippen molar-refractivity contribution in [2.24, 2.45) is 5.41 Å². The zero-order valence-electron chi connectivity index (χ0n) is 32.1. The Morgan fingerprint density at radius 2 is 1.10 bits per heavy atom. The number of carbonyl (C=O) groups excluding carboxylic acids is 9. The highest BCUT2D eigenvalue weighted by Crippen LogP contribution is 2.65. The zero-order chi connectivity index (χ0) is 42.1. The first-order valence-electron chi connectivity index (χ1n) is 17.9. The number of fused-ring (bicyclic) bond motifs is 6. The number of allylic oxidation sites excluding steroid dienone is 1. The number of carbonyl (C=O) groups is 9. The highest BCUT2D eigenvalue weighted by Gasteiger charge is 2.66. The maximum atomic E-state index is 15.2. The van der Waals surface area contributed by atoms with Crippen LogP contribution >= 0.6 is 0 Å². The first-order valence-corrected chi connectivity index (χ1v) is 17.9. The molecule has 3 aromatic carbocycles. The summed E-state index contributed by atoms with van der Waals surface area (Å²) in [5.41, 5.74) is -2.51. The van der Waals surface area contributed by atoms with Gasteiger partial charge < -0.3 is 33.2 Å². The molecule has 1 heterocycles. The van der Waals surface area contributed by atoms with E-state index in [-0.39, 0.29) is 57.2 Å². The van der Waals surface area contributed by atoms with E-state index in [9.17, 15) is 38.4 Å². The highest BCUT2D eigenvalue weighted by atomic mass is 16.6. The number of ketones is 2. The SMILES string of the molecule is CC(=O)Oc1cc(C)cc2c1C(=O)O[C@@H]1[C@H](OC(C)=O)C=C[C@@H]3c4c(cc(OC(C)=O)c5c4C(=O)c4c(OC(C)=O)ccc(OC(C)=O)c4C5=O)C[C@@]31[C@H]2OC(C)=O. The lowest BCUT2D eigenvalue weighted by atomic mass is 9.61. The monoisotopic (exact) mass is 794 g/mol. The average Bonchev–Trinajstić information content (AvgIpc) is 3.39. The number of hydrogen-bond acceptors (Lipinski definition) is 16. The third-order valence-corrected chi connectivity index (χ3v) is 10.2. The zero-order valence-corrected chi connectivity index (χ0v) is 32.1. The van der Waals surface area contributed by atoms with E-state index in [2.05, 4.69) is 0 Å². The lowest BCUT2D eigenvalue weighted by molar-refractivity contribution is -0.178. The fraction of sp³-hybridized carbons (Fsp3) is 0.310. The summed E-state index contributed by atoms with van der Waals surface area (Å²) in [5, 5.41) is 0. The Morgan fingerprint density at radius 1 is 0.603 bits per heavy atom. The van der Waals surface area contributed by atoms with Crippen LogP contribution in [0.4, 0.5) is 0 Å². The third-order valence-electron chi connectivity index (χ3n) is 10.2. The number of aryl methyl sites for hydroxylation is 1. The number of esters is 7. The smallest absolute Gasteiger partial charge is 0.342 e. The van der Waals surface area contributed by atoms with Gasteiger partial charge in [-0.2, -0.15) is 0 Å². The highest BCUT2D eigenvalue weighted by molar-refractivity contribution is 6.32. The van der Waals surface area contributed by atoms with E-state index in [4.69, 9.17) is 33.2 Å². The summed E-state index contributed by atoms with van der Waals surface area (Å²) in [6, 6.07) is 6.72. The predicted molar refractivity (Wildman–Crippen MR) is 193 cm³/mol. The van der Waals surface area contributed by atoms with Gasteiger partial charge in [-0.25, -0.2) is 4.79 Å². The molecule has 16 nitrogen and oxygen atoms in total. The first kappa shape index (κ1) is 39.3. The molecule has 0 fully saturated rings. The van der Waals surface area contributed by atoms with Crippen molar-refractivity contribution in [3.63, 3.8) is 0 Å². The summed E-state index contributed by atoms with van der Waals surface area (Å²) in [7, 11) is 0. The van der Waals surface area contributed by atoms with Crippen LogP contribution in [0, 0.1) is 12.3 Å². The molecule has 0 unspecified atom stereocenters. The second-order valence-corrected chi connectivity index (χ2v) is 14.3. The Morgan fingerprint density at radius 3 is 1.64 bits per heavy atom. The lowest BCUT2D eigenvalue weighted by Gasteiger charge is -2.48. The minimum atomic E-state index is -1.68. The third kappa shape index (κ3) is 6.30. The minimum Gasteiger partial charge on any atom is -0.457 e. The first-order chi connectivity index (χ1) is 27.3. The Kier molecular flexibility index (Phi) is 9.61. The van der Waals surface area contributed by atoms with Gasteiger partial charge in [0.2, 0.25) is 5.78 Å². The Hall–Kier alpha value is -6.97. The van der Waals surface area contributed by atoms with Gasteiger partial charge in [-0.1, -0.05) is 12.1 Å². The molecule has 298 valence electrons. The van der Waals surface area contributed by atoms with Crippen LogP contribution in [-0.2, 0) is 49.4 Å². The molecule has 0 saturated carbocycles. The quantitative estimate of drug-likeness (QED) is 0.114. The summed E-state index contributed by atoms with van der Waals surface area (Å²) in [6.45, 7) is 8.30. The summed E-state index contributed by atoms with van der Waals surface area (Å²) in [6.07, 6.45) is -1.45. The van der Waals surface area contributed by atoms with Gasteiger partial charge in [-0.3, -0.25) is 38.4 Å². The number of rotatable bonds is 6. The van der Waals surface area contributed by atoms with Crippen LogP contribution in [0.5, 0.6) is 23.0 Å². The van der Waals surface area contributed by atoms with Crippen LogP contribution in [0.1, 0.15) is 118 Å². The van der Waals surface area contributed by atoms with Crippen molar-refractivity contribution in [1.29, 1.82) is 0 Å². The number of benzene rings is 3. The van der Waals surface area contributed by atoms with Crippen LogP contribution in [0.3, 0.4) is 0 Å². The van der Waals surface area contributed by atoms with Gasteiger partial charge in [0, 0.05) is 58.6 Å². The molecule has 1 spiro atoms. The van der Waals surface area contributed by atoms with Crippen molar-refractivity contribution in [3.05, 3.63) is 92.6 Å². The van der Waals surface area contributed by atoms with Crippen LogP contribution < -0.4 is 18.9 Å². The van der Waals surface area contributed by atoms with Gasteiger partial charge in [0.25, 0.3) is 0 Å². The van der Waals surface area contributed by atoms with E-state index in [1.807, 2.05) is 0 Å². The van der Waals surface area contributed by atoms with Crippen LogP contribution in [0.25, 0.3) is 0 Å². The van der Waals surface area contributed by atoms with Crippen molar-refractivity contribution in [3.8, 4) is 23.0 Å². The van der Waals surface area contributed by atoms with Crippen LogP contribution in [0.15, 0.2) is 42.5 Å². The molecule has 0 aromatic heterocycles. The van der Waals surface area contributed by atoms with E-state index in [0.29, 0.717) is 5.56 Å². The van der Waals surface area contributed by atoms with Crippen molar-refractivity contribution in [2.75, 3.05) is 0 Å². The van der Waals surface area contributed by atoms with E-state index in [0.717, 1.165) is 41.5 Å². The molecule has 16 heteroatoms. The largest absolute Gasteiger partial charge is 0.457 e. The van der Waals surface area contributed by atoms with Crippen molar-refractivity contribution >= 4 is 53.4 Å². The summed E-state index contributed by atoms with van der Waals surface area (Å²) < 4.78 is 39.9. The molecule has 0 bridgehead atoms. The molecule has 58 heavy (non-hydrogen) atoms. The molecule has 0 saturated heterocycles. The van der Waals surface area contributed by atoms with Crippen LogP contribution in [-0.4, -0.2) is 65.6 Å². The molecule has 5 atom stereocenters. The normalized spacial score (nSPS) is 21.9. The van der Waals surface area contributed by atoms with E-state index < -0.39 is 99.7 Å². The Balaban J connectivity index is 1.58. The maximum absolute atomic E-state index is 15.2. The molecule has 0 N–H and O–H groups in total. The second-order valence-electron chi connectivity index (χ2n) is 14.3. The molecule has 1 aliphatic heterocycles. The van der Waals surface area contributed by atoms with Crippen LogP contribution in [0.2, 0.25) is 0 Å². The molecule has 3 aliphatic carbocycles. The summed E-state index contributed by atoms with van der Waals surface area (Å²) in [4.78, 5) is 119. The number of ether oxygens (including phenoxy) is 7. The fourth-order valence-electron chi connectivity index (χ4n) is 8.68.